The largest absolute Gasteiger partial charge is 0.277 e. The van der Waals surface area contributed by atoms with E-state index >= 15 is 0 Å². The smallest absolute Gasteiger partial charge is 0.271 e. The molecular formula is C11H12FNO2. The van der Waals surface area contributed by atoms with E-state index in [1.165, 1.54) is 11.1 Å². The normalized spacial score (nSPS) is 15.7. The maximum atomic E-state index is 13.2. The zero-order valence-corrected chi connectivity index (χ0v) is 8.50. The van der Waals surface area contributed by atoms with Gasteiger partial charge in [-0.25, -0.2) is 9.45 Å². The first kappa shape index (κ1) is 10.1. The van der Waals surface area contributed by atoms with Crippen LogP contribution in [0.5, 0.6) is 0 Å². The summed E-state index contributed by atoms with van der Waals surface area (Å²) in [6, 6.07) is 4.46. The zero-order chi connectivity index (χ0) is 10.8. The van der Waals surface area contributed by atoms with Crippen molar-refractivity contribution in [3.63, 3.8) is 0 Å². The molecule has 0 radical (unpaired) electrons. The molecule has 1 amide bonds. The van der Waals surface area contributed by atoms with Crippen LogP contribution >= 0.6 is 0 Å². The van der Waals surface area contributed by atoms with Crippen molar-refractivity contribution in [1.82, 2.24) is 5.06 Å². The first-order chi connectivity index (χ1) is 7.18. The number of carbonyl (C=O) groups excluding carboxylic acids is 1. The molecule has 0 unspecified atom stereocenters. The summed E-state index contributed by atoms with van der Waals surface area (Å²) in [5, 5.41) is 1.28. The lowest BCUT2D eigenvalue weighted by Crippen LogP contribution is -2.26. The van der Waals surface area contributed by atoms with Gasteiger partial charge < -0.3 is 0 Å². The highest BCUT2D eigenvalue weighted by Crippen LogP contribution is 2.14. The Balaban J connectivity index is 2.21. The van der Waals surface area contributed by atoms with Crippen LogP contribution in [0.4, 0.5) is 4.39 Å². The molecule has 3 nitrogen and oxygen atoms in total. The average molecular weight is 209 g/mol. The van der Waals surface area contributed by atoms with Gasteiger partial charge in [0.2, 0.25) is 0 Å². The Labute approximate surface area is 87.4 Å². The summed E-state index contributed by atoms with van der Waals surface area (Å²) in [4.78, 5) is 16.8. The number of amides is 1. The van der Waals surface area contributed by atoms with Gasteiger partial charge in [-0.2, -0.15) is 0 Å². The number of carbonyl (C=O) groups is 1. The number of aryl methyl sites for hydroxylation is 1. The highest BCUT2D eigenvalue weighted by molar-refractivity contribution is 5.93. The number of hydrogen-bond acceptors (Lipinski definition) is 2. The maximum Gasteiger partial charge on any atom is 0.277 e. The van der Waals surface area contributed by atoms with E-state index in [0.29, 0.717) is 24.3 Å². The first-order valence-corrected chi connectivity index (χ1v) is 4.89. The van der Waals surface area contributed by atoms with Gasteiger partial charge in [-0.1, -0.05) is 6.07 Å². The molecule has 0 atom stereocenters. The van der Waals surface area contributed by atoms with E-state index in [1.807, 2.05) is 0 Å². The van der Waals surface area contributed by atoms with Crippen molar-refractivity contribution in [1.29, 1.82) is 0 Å². The standard InChI is InChI=1S/C11H12FNO2/c1-8-3-4-9(7-10(8)12)11(14)13-5-2-6-15-13/h3-4,7H,2,5-6H2,1H3. The Bertz CT molecular complexity index is 386. The third kappa shape index (κ3) is 1.99. The van der Waals surface area contributed by atoms with Crippen molar-refractivity contribution in [2.75, 3.05) is 13.2 Å². The van der Waals surface area contributed by atoms with Crippen LogP contribution in [0.25, 0.3) is 0 Å². The Morgan fingerprint density at radius 2 is 2.33 bits per heavy atom. The SMILES string of the molecule is Cc1ccc(C(=O)N2CCCO2)cc1F. The molecule has 0 bridgehead atoms. The van der Waals surface area contributed by atoms with Gasteiger partial charge in [0, 0.05) is 5.56 Å². The minimum Gasteiger partial charge on any atom is -0.271 e. The predicted octanol–water partition coefficient (Wildman–Crippen LogP) is 1.91. The van der Waals surface area contributed by atoms with E-state index in [2.05, 4.69) is 0 Å². The molecule has 0 spiro atoms. The van der Waals surface area contributed by atoms with E-state index < -0.39 is 0 Å². The van der Waals surface area contributed by atoms with Crippen LogP contribution < -0.4 is 0 Å². The molecule has 0 saturated carbocycles. The van der Waals surface area contributed by atoms with Crippen molar-refractivity contribution >= 4 is 5.91 Å². The van der Waals surface area contributed by atoms with Gasteiger partial charge in [0.05, 0.1) is 13.2 Å². The number of rotatable bonds is 1. The number of benzene rings is 1. The topological polar surface area (TPSA) is 29.5 Å². The molecular weight excluding hydrogens is 197 g/mol. The summed E-state index contributed by atoms with van der Waals surface area (Å²) in [7, 11) is 0. The van der Waals surface area contributed by atoms with Crippen molar-refractivity contribution in [3.05, 3.63) is 35.1 Å². The highest BCUT2D eigenvalue weighted by Gasteiger charge is 2.21. The Morgan fingerprint density at radius 1 is 1.53 bits per heavy atom. The third-order valence-corrected chi connectivity index (χ3v) is 2.40. The monoisotopic (exact) mass is 209 g/mol. The van der Waals surface area contributed by atoms with E-state index in [4.69, 9.17) is 4.84 Å². The highest BCUT2D eigenvalue weighted by atomic mass is 19.1. The maximum absolute atomic E-state index is 13.2. The third-order valence-electron chi connectivity index (χ3n) is 2.40. The van der Waals surface area contributed by atoms with Gasteiger partial charge in [0.15, 0.2) is 0 Å². The number of halogens is 1. The van der Waals surface area contributed by atoms with Crippen LogP contribution in [-0.4, -0.2) is 24.1 Å². The van der Waals surface area contributed by atoms with Crippen LogP contribution in [0.15, 0.2) is 18.2 Å². The lowest BCUT2D eigenvalue weighted by atomic mass is 10.1. The molecule has 1 aromatic carbocycles. The van der Waals surface area contributed by atoms with Crippen LogP contribution in [0.1, 0.15) is 22.3 Å². The van der Waals surface area contributed by atoms with E-state index in [-0.39, 0.29) is 11.7 Å². The molecule has 1 fully saturated rings. The van der Waals surface area contributed by atoms with Crippen molar-refractivity contribution in [3.8, 4) is 0 Å². The molecule has 1 heterocycles. The molecule has 1 saturated heterocycles. The second kappa shape index (κ2) is 3.98. The first-order valence-electron chi connectivity index (χ1n) is 4.89. The van der Waals surface area contributed by atoms with Crippen molar-refractivity contribution in [2.45, 2.75) is 13.3 Å². The van der Waals surface area contributed by atoms with Gasteiger partial charge in [-0.05, 0) is 31.0 Å². The second-order valence-electron chi connectivity index (χ2n) is 3.56. The van der Waals surface area contributed by atoms with Gasteiger partial charge in [0.1, 0.15) is 5.82 Å². The minimum absolute atomic E-state index is 0.272. The Morgan fingerprint density at radius 3 is 2.93 bits per heavy atom. The summed E-state index contributed by atoms with van der Waals surface area (Å²) in [5.74, 6) is -0.633. The number of hydroxylamine groups is 2. The quantitative estimate of drug-likeness (QED) is 0.707. The Kier molecular flexibility index (Phi) is 2.68. The molecule has 1 aliphatic heterocycles. The molecule has 1 aromatic rings. The van der Waals surface area contributed by atoms with E-state index in [9.17, 15) is 9.18 Å². The molecule has 0 aromatic heterocycles. The van der Waals surface area contributed by atoms with Gasteiger partial charge >= 0.3 is 0 Å². The molecule has 0 N–H and O–H groups in total. The summed E-state index contributed by atoms with van der Waals surface area (Å²) in [6.07, 6.45) is 0.833. The lowest BCUT2D eigenvalue weighted by Gasteiger charge is -2.13. The molecule has 80 valence electrons. The summed E-state index contributed by atoms with van der Waals surface area (Å²) >= 11 is 0. The second-order valence-corrected chi connectivity index (χ2v) is 3.56. The predicted molar refractivity (Wildman–Crippen MR) is 52.7 cm³/mol. The van der Waals surface area contributed by atoms with Crippen LogP contribution in [-0.2, 0) is 4.84 Å². The minimum atomic E-state index is -0.361. The van der Waals surface area contributed by atoms with Crippen LogP contribution in [0.2, 0.25) is 0 Å². The molecule has 4 heteroatoms. The van der Waals surface area contributed by atoms with Crippen LogP contribution in [0.3, 0.4) is 0 Å². The number of nitrogens with zero attached hydrogens (tertiary/aromatic N) is 1. The number of hydrogen-bond donors (Lipinski definition) is 0. The summed E-state index contributed by atoms with van der Waals surface area (Å²) in [6.45, 7) is 2.80. The lowest BCUT2D eigenvalue weighted by molar-refractivity contribution is -0.0768. The molecule has 0 aliphatic carbocycles. The van der Waals surface area contributed by atoms with Crippen molar-refractivity contribution < 1.29 is 14.0 Å². The zero-order valence-electron chi connectivity index (χ0n) is 8.50. The van der Waals surface area contributed by atoms with Crippen molar-refractivity contribution in [2.24, 2.45) is 0 Å². The fourth-order valence-corrected chi connectivity index (χ4v) is 1.48. The Hall–Kier alpha value is -1.42. The van der Waals surface area contributed by atoms with Gasteiger partial charge in [-0.15, -0.1) is 0 Å². The van der Waals surface area contributed by atoms with Gasteiger partial charge in [-0.3, -0.25) is 9.63 Å². The molecule has 15 heavy (non-hydrogen) atoms. The average Bonchev–Trinajstić information content (AvgIpc) is 2.74. The van der Waals surface area contributed by atoms with E-state index in [1.54, 1.807) is 19.1 Å². The van der Waals surface area contributed by atoms with Gasteiger partial charge in [0.25, 0.3) is 5.91 Å². The molecule has 1 aliphatic rings. The fraction of sp³-hybridized carbons (Fsp3) is 0.364. The van der Waals surface area contributed by atoms with E-state index in [0.717, 1.165) is 6.42 Å². The summed E-state index contributed by atoms with van der Waals surface area (Å²) in [5.41, 5.74) is 0.869. The fourth-order valence-electron chi connectivity index (χ4n) is 1.48. The summed E-state index contributed by atoms with van der Waals surface area (Å²) < 4.78 is 13.2. The van der Waals surface area contributed by atoms with Crippen LogP contribution in [0, 0.1) is 12.7 Å². The molecule has 2 rings (SSSR count).